The Morgan fingerprint density at radius 3 is 2.55 bits per heavy atom. The first-order valence-corrected chi connectivity index (χ1v) is 11.2. The van der Waals surface area contributed by atoms with Gasteiger partial charge in [0.2, 0.25) is 0 Å². The van der Waals surface area contributed by atoms with E-state index < -0.39 is 0 Å². The summed E-state index contributed by atoms with van der Waals surface area (Å²) in [5, 5.41) is 8.33. The monoisotopic (exact) mass is 525 g/mol. The number of aryl methyl sites for hydroxylation is 1. The highest BCUT2D eigenvalue weighted by molar-refractivity contribution is 14.0. The van der Waals surface area contributed by atoms with Crippen molar-refractivity contribution in [1.82, 2.24) is 20.5 Å². The van der Waals surface area contributed by atoms with Crippen LogP contribution in [0.3, 0.4) is 0 Å². The second-order valence-electron chi connectivity index (χ2n) is 7.97. The average Bonchev–Trinajstić information content (AvgIpc) is 3.21. The molecule has 0 radical (unpaired) electrons. The largest absolute Gasteiger partial charge is 0.356 e. The third kappa shape index (κ3) is 5.92. The van der Waals surface area contributed by atoms with E-state index in [2.05, 4.69) is 62.8 Å². The standard InChI is InChI=1S/C22H31N5S.HI/c1-16-14-25-21(28-16)10-11-24-22(23-2)26-18-12-19-8-9-20(13-18)27(19)15-17-6-4-3-5-7-17;/h3-7,14,18-20H,8-13,15H2,1-2H3,(H2,23,24,26);1H. The molecule has 2 fully saturated rings. The number of fused-ring (bicyclic) bond motifs is 2. The third-order valence-electron chi connectivity index (χ3n) is 5.96. The SMILES string of the molecule is CN=C(NCCc1ncc(C)s1)NC1CC2CCC(C1)N2Cc1ccccc1.I. The zero-order valence-corrected chi connectivity index (χ0v) is 20.5. The first-order chi connectivity index (χ1) is 13.7. The summed E-state index contributed by atoms with van der Waals surface area (Å²) >= 11 is 1.78. The average molecular weight is 526 g/mol. The van der Waals surface area contributed by atoms with Gasteiger partial charge in [0, 0.05) is 55.8 Å². The van der Waals surface area contributed by atoms with Gasteiger partial charge in [0.25, 0.3) is 0 Å². The van der Waals surface area contributed by atoms with E-state index in [-0.39, 0.29) is 24.0 Å². The number of halogens is 1. The lowest BCUT2D eigenvalue weighted by atomic mass is 9.96. The van der Waals surface area contributed by atoms with E-state index in [1.807, 2.05) is 13.2 Å². The minimum absolute atomic E-state index is 0. The number of aromatic nitrogens is 1. The fourth-order valence-electron chi connectivity index (χ4n) is 4.64. The van der Waals surface area contributed by atoms with Crippen LogP contribution in [0.2, 0.25) is 0 Å². The molecule has 2 atom stereocenters. The van der Waals surface area contributed by atoms with Crippen LogP contribution in [0, 0.1) is 6.92 Å². The number of nitrogens with one attached hydrogen (secondary N) is 2. The molecule has 2 bridgehead atoms. The zero-order chi connectivity index (χ0) is 19.3. The number of aliphatic imine (C=N–C) groups is 1. The van der Waals surface area contributed by atoms with Crippen LogP contribution in [-0.2, 0) is 13.0 Å². The van der Waals surface area contributed by atoms with Crippen molar-refractivity contribution in [2.45, 2.75) is 63.7 Å². The quantitative estimate of drug-likeness (QED) is 0.341. The Morgan fingerprint density at radius 1 is 1.21 bits per heavy atom. The molecule has 2 aromatic rings. The van der Waals surface area contributed by atoms with E-state index in [4.69, 9.17) is 0 Å². The second-order valence-corrected chi connectivity index (χ2v) is 9.29. The van der Waals surface area contributed by atoms with Gasteiger partial charge in [-0.05, 0) is 38.2 Å². The summed E-state index contributed by atoms with van der Waals surface area (Å²) in [5.41, 5.74) is 1.43. The van der Waals surface area contributed by atoms with Crippen molar-refractivity contribution in [3.63, 3.8) is 0 Å². The van der Waals surface area contributed by atoms with E-state index in [0.29, 0.717) is 18.1 Å². The van der Waals surface area contributed by atoms with E-state index in [9.17, 15) is 0 Å². The van der Waals surface area contributed by atoms with Crippen LogP contribution in [0.1, 0.15) is 41.1 Å². The van der Waals surface area contributed by atoms with Crippen LogP contribution in [0.25, 0.3) is 0 Å². The summed E-state index contributed by atoms with van der Waals surface area (Å²) in [6.45, 7) is 4.06. The molecule has 158 valence electrons. The van der Waals surface area contributed by atoms with Crippen molar-refractivity contribution >= 4 is 41.3 Å². The van der Waals surface area contributed by atoms with Crippen molar-refractivity contribution in [3.8, 4) is 0 Å². The molecule has 3 heterocycles. The molecule has 29 heavy (non-hydrogen) atoms. The Hall–Kier alpha value is -1.19. The van der Waals surface area contributed by atoms with Gasteiger partial charge < -0.3 is 10.6 Å². The first-order valence-electron chi connectivity index (χ1n) is 10.4. The van der Waals surface area contributed by atoms with Crippen molar-refractivity contribution in [3.05, 3.63) is 52.0 Å². The summed E-state index contributed by atoms with van der Waals surface area (Å²) in [4.78, 5) is 12.9. The van der Waals surface area contributed by atoms with Gasteiger partial charge in [-0.2, -0.15) is 0 Å². The Labute approximate surface area is 195 Å². The number of guanidine groups is 1. The smallest absolute Gasteiger partial charge is 0.191 e. The maximum Gasteiger partial charge on any atom is 0.191 e. The van der Waals surface area contributed by atoms with Crippen LogP contribution >= 0.6 is 35.3 Å². The topological polar surface area (TPSA) is 52.6 Å². The molecule has 7 heteroatoms. The van der Waals surface area contributed by atoms with E-state index >= 15 is 0 Å². The van der Waals surface area contributed by atoms with Gasteiger partial charge >= 0.3 is 0 Å². The molecular formula is C22H32IN5S. The lowest BCUT2D eigenvalue weighted by Gasteiger charge is -2.39. The molecule has 1 aromatic carbocycles. The molecule has 2 saturated heterocycles. The highest BCUT2D eigenvalue weighted by atomic mass is 127. The van der Waals surface area contributed by atoms with Crippen molar-refractivity contribution < 1.29 is 0 Å². The molecule has 0 aliphatic carbocycles. The minimum atomic E-state index is 0. The summed E-state index contributed by atoms with van der Waals surface area (Å²) in [5.74, 6) is 0.925. The maximum absolute atomic E-state index is 4.44. The Morgan fingerprint density at radius 2 is 1.93 bits per heavy atom. The minimum Gasteiger partial charge on any atom is -0.356 e. The van der Waals surface area contributed by atoms with Crippen molar-refractivity contribution in [2.24, 2.45) is 4.99 Å². The maximum atomic E-state index is 4.44. The van der Waals surface area contributed by atoms with Gasteiger partial charge in [-0.15, -0.1) is 35.3 Å². The zero-order valence-electron chi connectivity index (χ0n) is 17.3. The summed E-state index contributed by atoms with van der Waals surface area (Å²) in [7, 11) is 1.86. The normalized spacial score (nSPS) is 24.2. The molecule has 4 rings (SSSR count). The summed E-state index contributed by atoms with van der Waals surface area (Å²) in [6.07, 6.45) is 7.95. The number of thiazole rings is 1. The van der Waals surface area contributed by atoms with Crippen LogP contribution in [-0.4, -0.2) is 47.6 Å². The number of benzene rings is 1. The van der Waals surface area contributed by atoms with Gasteiger partial charge in [0.1, 0.15) is 0 Å². The van der Waals surface area contributed by atoms with Crippen LogP contribution in [0.5, 0.6) is 0 Å². The molecule has 5 nitrogen and oxygen atoms in total. The summed E-state index contributed by atoms with van der Waals surface area (Å²) in [6, 6.07) is 12.8. The van der Waals surface area contributed by atoms with Gasteiger partial charge in [-0.3, -0.25) is 9.89 Å². The number of hydrogen-bond donors (Lipinski definition) is 2. The molecule has 1 aromatic heterocycles. The Kier molecular flexibility index (Phi) is 8.32. The van der Waals surface area contributed by atoms with E-state index in [0.717, 1.165) is 25.5 Å². The lowest BCUT2D eigenvalue weighted by molar-refractivity contribution is 0.114. The highest BCUT2D eigenvalue weighted by Crippen LogP contribution is 2.36. The predicted molar refractivity (Wildman–Crippen MR) is 132 cm³/mol. The Balaban J connectivity index is 0.00000240. The van der Waals surface area contributed by atoms with Crippen molar-refractivity contribution in [1.29, 1.82) is 0 Å². The summed E-state index contributed by atoms with van der Waals surface area (Å²) < 4.78 is 0. The molecule has 2 aliphatic heterocycles. The molecule has 2 aliphatic rings. The van der Waals surface area contributed by atoms with Gasteiger partial charge in [-0.25, -0.2) is 4.98 Å². The second kappa shape index (κ2) is 10.7. The highest BCUT2D eigenvalue weighted by Gasteiger charge is 2.40. The molecular weight excluding hydrogens is 493 g/mol. The van der Waals surface area contributed by atoms with Gasteiger partial charge in [0.05, 0.1) is 5.01 Å². The number of rotatable bonds is 6. The first kappa shape index (κ1) is 22.5. The van der Waals surface area contributed by atoms with E-state index in [1.54, 1.807) is 11.3 Å². The number of nitrogens with zero attached hydrogens (tertiary/aromatic N) is 3. The fraction of sp³-hybridized carbons (Fsp3) is 0.545. The Bertz CT molecular complexity index is 780. The lowest BCUT2D eigenvalue weighted by Crippen LogP contribution is -2.52. The van der Waals surface area contributed by atoms with Crippen LogP contribution in [0.15, 0.2) is 41.5 Å². The van der Waals surface area contributed by atoms with Gasteiger partial charge in [0.15, 0.2) is 5.96 Å². The molecule has 2 N–H and O–H groups in total. The number of hydrogen-bond acceptors (Lipinski definition) is 4. The van der Waals surface area contributed by atoms with Crippen LogP contribution in [0.4, 0.5) is 0 Å². The van der Waals surface area contributed by atoms with Gasteiger partial charge in [-0.1, -0.05) is 30.3 Å². The van der Waals surface area contributed by atoms with E-state index in [1.165, 1.54) is 41.1 Å². The van der Waals surface area contributed by atoms with Crippen LogP contribution < -0.4 is 10.6 Å². The predicted octanol–water partition coefficient (Wildman–Crippen LogP) is 3.97. The molecule has 2 unspecified atom stereocenters. The fourth-order valence-corrected chi connectivity index (χ4v) is 5.42. The van der Waals surface area contributed by atoms with Crippen molar-refractivity contribution in [2.75, 3.05) is 13.6 Å². The molecule has 0 spiro atoms. The third-order valence-corrected chi connectivity index (χ3v) is 6.93. The molecule has 0 amide bonds. The molecule has 0 saturated carbocycles. The number of piperidine rings is 1.